The van der Waals surface area contributed by atoms with Gasteiger partial charge >= 0.3 is 6.09 Å². The van der Waals surface area contributed by atoms with Crippen LogP contribution in [-0.2, 0) is 4.74 Å². The van der Waals surface area contributed by atoms with Crippen molar-refractivity contribution in [2.75, 3.05) is 13.2 Å². The standard InChI is InChI=1S/C13H27NO2/c1-3-5-6-7-8-9-10-12-16-13(15)14-11-4-2/h3-12H2,1-2H3,(H,14,15). The number of nitrogens with one attached hydrogen (secondary N) is 1. The maximum Gasteiger partial charge on any atom is 0.407 e. The van der Waals surface area contributed by atoms with E-state index in [1.807, 2.05) is 6.92 Å². The Morgan fingerprint density at radius 3 is 2.19 bits per heavy atom. The number of carbonyl (C=O) groups excluding carboxylic acids is 1. The maximum absolute atomic E-state index is 11.0. The molecule has 0 radical (unpaired) electrons. The Hall–Kier alpha value is -0.730. The molecule has 0 atom stereocenters. The fraction of sp³-hybridized carbons (Fsp3) is 0.923. The van der Waals surface area contributed by atoms with Crippen molar-refractivity contribution in [3.05, 3.63) is 0 Å². The molecule has 0 fully saturated rings. The summed E-state index contributed by atoms with van der Waals surface area (Å²) in [5.74, 6) is 0. The molecular weight excluding hydrogens is 202 g/mol. The van der Waals surface area contributed by atoms with Gasteiger partial charge in [-0.3, -0.25) is 0 Å². The number of rotatable bonds is 10. The van der Waals surface area contributed by atoms with E-state index >= 15 is 0 Å². The van der Waals surface area contributed by atoms with E-state index in [9.17, 15) is 4.79 Å². The van der Waals surface area contributed by atoms with Gasteiger partial charge in [-0.15, -0.1) is 0 Å². The highest BCUT2D eigenvalue weighted by Crippen LogP contribution is 2.06. The first kappa shape index (κ1) is 15.3. The van der Waals surface area contributed by atoms with Crippen LogP contribution in [0.3, 0.4) is 0 Å². The van der Waals surface area contributed by atoms with Gasteiger partial charge in [-0.1, -0.05) is 52.4 Å². The number of unbranched alkanes of at least 4 members (excludes halogenated alkanes) is 6. The van der Waals surface area contributed by atoms with Gasteiger partial charge in [0.05, 0.1) is 6.61 Å². The van der Waals surface area contributed by atoms with Gasteiger partial charge in [-0.05, 0) is 12.8 Å². The molecule has 0 aromatic heterocycles. The van der Waals surface area contributed by atoms with Gasteiger partial charge in [0.15, 0.2) is 0 Å². The Labute approximate surface area is 99.9 Å². The van der Waals surface area contributed by atoms with Gasteiger partial charge in [0.25, 0.3) is 0 Å². The zero-order valence-electron chi connectivity index (χ0n) is 10.9. The van der Waals surface area contributed by atoms with E-state index in [0.29, 0.717) is 13.2 Å². The van der Waals surface area contributed by atoms with Crippen LogP contribution in [0.1, 0.15) is 65.2 Å². The van der Waals surface area contributed by atoms with E-state index < -0.39 is 0 Å². The van der Waals surface area contributed by atoms with Crippen molar-refractivity contribution >= 4 is 6.09 Å². The third kappa shape index (κ3) is 11.3. The number of hydrogen-bond donors (Lipinski definition) is 1. The molecule has 0 saturated heterocycles. The zero-order chi connectivity index (χ0) is 12.1. The van der Waals surface area contributed by atoms with Crippen LogP contribution < -0.4 is 5.32 Å². The molecule has 0 rings (SSSR count). The molecule has 0 bridgehead atoms. The fourth-order valence-corrected chi connectivity index (χ4v) is 1.50. The monoisotopic (exact) mass is 229 g/mol. The van der Waals surface area contributed by atoms with Crippen LogP contribution in [0.25, 0.3) is 0 Å². The third-order valence-electron chi connectivity index (χ3n) is 2.50. The lowest BCUT2D eigenvalue weighted by molar-refractivity contribution is 0.144. The second-order valence-corrected chi connectivity index (χ2v) is 4.18. The van der Waals surface area contributed by atoms with Gasteiger partial charge in [-0.25, -0.2) is 4.79 Å². The summed E-state index contributed by atoms with van der Waals surface area (Å²) >= 11 is 0. The van der Waals surface area contributed by atoms with Crippen LogP contribution >= 0.6 is 0 Å². The van der Waals surface area contributed by atoms with Gasteiger partial charge in [0, 0.05) is 6.54 Å². The van der Waals surface area contributed by atoms with Gasteiger partial charge < -0.3 is 10.1 Å². The predicted molar refractivity (Wildman–Crippen MR) is 67.6 cm³/mol. The largest absolute Gasteiger partial charge is 0.450 e. The zero-order valence-corrected chi connectivity index (χ0v) is 10.9. The molecule has 3 heteroatoms. The van der Waals surface area contributed by atoms with Gasteiger partial charge in [0.1, 0.15) is 0 Å². The summed E-state index contributed by atoms with van der Waals surface area (Å²) in [4.78, 5) is 11.0. The van der Waals surface area contributed by atoms with E-state index in [-0.39, 0.29) is 6.09 Å². The summed E-state index contributed by atoms with van der Waals surface area (Å²) in [6.07, 6.45) is 9.40. The van der Waals surface area contributed by atoms with Gasteiger partial charge in [0.2, 0.25) is 0 Å². The molecular formula is C13H27NO2. The lowest BCUT2D eigenvalue weighted by Gasteiger charge is -2.05. The first-order valence-electron chi connectivity index (χ1n) is 6.71. The van der Waals surface area contributed by atoms with E-state index in [4.69, 9.17) is 4.74 Å². The minimum atomic E-state index is -0.271. The van der Waals surface area contributed by atoms with Crippen molar-refractivity contribution in [1.29, 1.82) is 0 Å². The van der Waals surface area contributed by atoms with Crippen LogP contribution in [0.15, 0.2) is 0 Å². The topological polar surface area (TPSA) is 38.3 Å². The highest BCUT2D eigenvalue weighted by Gasteiger charge is 1.98. The molecule has 96 valence electrons. The Morgan fingerprint density at radius 2 is 1.56 bits per heavy atom. The molecule has 0 saturated carbocycles. The molecule has 0 heterocycles. The van der Waals surface area contributed by atoms with Crippen molar-refractivity contribution in [3.63, 3.8) is 0 Å². The van der Waals surface area contributed by atoms with E-state index in [1.54, 1.807) is 0 Å². The smallest absolute Gasteiger partial charge is 0.407 e. The Morgan fingerprint density at radius 1 is 0.938 bits per heavy atom. The third-order valence-corrected chi connectivity index (χ3v) is 2.50. The summed E-state index contributed by atoms with van der Waals surface area (Å²) in [5.41, 5.74) is 0. The van der Waals surface area contributed by atoms with Crippen molar-refractivity contribution in [2.24, 2.45) is 0 Å². The average molecular weight is 229 g/mol. The second-order valence-electron chi connectivity index (χ2n) is 4.18. The first-order valence-corrected chi connectivity index (χ1v) is 6.71. The molecule has 0 aromatic rings. The number of amides is 1. The molecule has 0 spiro atoms. The van der Waals surface area contributed by atoms with Gasteiger partial charge in [-0.2, -0.15) is 0 Å². The van der Waals surface area contributed by atoms with Crippen LogP contribution in [0.4, 0.5) is 4.79 Å². The number of alkyl carbamates (subject to hydrolysis) is 1. The van der Waals surface area contributed by atoms with Crippen molar-refractivity contribution in [1.82, 2.24) is 5.32 Å². The quantitative estimate of drug-likeness (QED) is 0.577. The molecule has 1 amide bonds. The lowest BCUT2D eigenvalue weighted by atomic mass is 10.1. The van der Waals surface area contributed by atoms with E-state index in [1.165, 1.54) is 38.5 Å². The summed E-state index contributed by atoms with van der Waals surface area (Å²) in [7, 11) is 0. The lowest BCUT2D eigenvalue weighted by Crippen LogP contribution is -2.25. The fourth-order valence-electron chi connectivity index (χ4n) is 1.50. The predicted octanol–water partition coefficient (Wildman–Crippen LogP) is 3.87. The Bertz CT molecular complexity index is 160. The van der Waals surface area contributed by atoms with E-state index in [0.717, 1.165) is 12.8 Å². The molecule has 0 unspecified atom stereocenters. The Kier molecular flexibility index (Phi) is 11.8. The van der Waals surface area contributed by atoms with Crippen LogP contribution in [0.5, 0.6) is 0 Å². The summed E-state index contributed by atoms with van der Waals surface area (Å²) in [6.45, 7) is 5.51. The number of hydrogen-bond acceptors (Lipinski definition) is 2. The number of carbonyl (C=O) groups is 1. The van der Waals surface area contributed by atoms with Crippen LogP contribution in [0.2, 0.25) is 0 Å². The molecule has 3 nitrogen and oxygen atoms in total. The average Bonchev–Trinajstić information content (AvgIpc) is 2.30. The van der Waals surface area contributed by atoms with Crippen LogP contribution in [-0.4, -0.2) is 19.2 Å². The normalized spacial score (nSPS) is 10.1. The SMILES string of the molecule is CCCCCCCCCOC(=O)NCCC. The first-order chi connectivity index (χ1) is 7.81. The summed E-state index contributed by atoms with van der Waals surface area (Å²) in [6, 6.07) is 0. The molecule has 0 aliphatic heterocycles. The molecule has 0 aliphatic carbocycles. The molecule has 0 aliphatic rings. The highest BCUT2D eigenvalue weighted by molar-refractivity contribution is 5.66. The summed E-state index contributed by atoms with van der Waals surface area (Å²) < 4.78 is 5.02. The van der Waals surface area contributed by atoms with Crippen molar-refractivity contribution in [3.8, 4) is 0 Å². The second kappa shape index (κ2) is 12.3. The molecule has 1 N–H and O–H groups in total. The van der Waals surface area contributed by atoms with E-state index in [2.05, 4.69) is 12.2 Å². The number of ether oxygens (including phenoxy) is 1. The maximum atomic E-state index is 11.0. The summed E-state index contributed by atoms with van der Waals surface area (Å²) in [5, 5.41) is 2.69. The minimum absolute atomic E-state index is 0.271. The molecule has 0 aromatic carbocycles. The minimum Gasteiger partial charge on any atom is -0.450 e. The molecule has 16 heavy (non-hydrogen) atoms. The van der Waals surface area contributed by atoms with Crippen molar-refractivity contribution in [2.45, 2.75) is 65.2 Å². The van der Waals surface area contributed by atoms with Crippen LogP contribution in [0, 0.1) is 0 Å². The Balaban J connectivity index is 3.05. The van der Waals surface area contributed by atoms with Crippen molar-refractivity contribution < 1.29 is 9.53 Å². The highest BCUT2D eigenvalue weighted by atomic mass is 16.5.